The fraction of sp³-hybridized carbons (Fsp3) is 0.412. The van der Waals surface area contributed by atoms with Gasteiger partial charge in [0.25, 0.3) is 5.91 Å². The van der Waals surface area contributed by atoms with Crippen LogP contribution < -0.4 is 14.2 Å². The van der Waals surface area contributed by atoms with Crippen molar-refractivity contribution in [2.75, 3.05) is 54.1 Å². The number of hydrogen-bond acceptors (Lipinski definition) is 6. The molecule has 0 aromatic heterocycles. The zero-order chi connectivity index (χ0) is 30.6. The molecule has 9 heteroatoms. The Balaban J connectivity index is 1.34. The van der Waals surface area contributed by atoms with E-state index < -0.39 is 11.4 Å². The third-order valence-electron chi connectivity index (χ3n) is 9.34. The third kappa shape index (κ3) is 6.04. The Kier molecular flexibility index (Phi) is 9.18. The first-order chi connectivity index (χ1) is 20.7. The van der Waals surface area contributed by atoms with Crippen LogP contribution in [-0.4, -0.2) is 80.8 Å². The SMILES string of the molecule is COc1cc(C(=O)N2CCC(CCN3CCC(C(=O)O)(c4ccccc4)CC3)(c3cccc(Cl)c3)C2)cc(OC)c1OC. The third-order valence-corrected chi connectivity index (χ3v) is 9.58. The molecule has 3 aromatic carbocycles. The van der Waals surface area contributed by atoms with Crippen molar-refractivity contribution in [2.45, 2.75) is 36.5 Å². The summed E-state index contributed by atoms with van der Waals surface area (Å²) < 4.78 is 16.4. The van der Waals surface area contributed by atoms with Crippen LogP contribution in [0.4, 0.5) is 0 Å². The van der Waals surface area contributed by atoms with Gasteiger partial charge in [0.1, 0.15) is 0 Å². The minimum Gasteiger partial charge on any atom is -0.493 e. The van der Waals surface area contributed by atoms with Crippen LogP contribution in [0, 0.1) is 0 Å². The summed E-state index contributed by atoms with van der Waals surface area (Å²) in [7, 11) is 4.60. The van der Waals surface area contributed by atoms with Crippen molar-refractivity contribution < 1.29 is 28.9 Å². The maximum atomic E-state index is 13.8. The summed E-state index contributed by atoms with van der Waals surface area (Å²) in [5, 5.41) is 10.9. The molecule has 0 saturated carbocycles. The molecule has 1 N–H and O–H groups in total. The second-order valence-corrected chi connectivity index (χ2v) is 12.0. The quantitative estimate of drug-likeness (QED) is 0.319. The van der Waals surface area contributed by atoms with E-state index in [1.165, 1.54) is 21.3 Å². The molecular weight excluding hydrogens is 568 g/mol. The number of carboxylic acid groups (broad SMARTS) is 1. The van der Waals surface area contributed by atoms with Gasteiger partial charge < -0.3 is 29.1 Å². The Hall–Kier alpha value is -3.75. The molecule has 0 radical (unpaired) electrons. The highest BCUT2D eigenvalue weighted by molar-refractivity contribution is 6.30. The lowest BCUT2D eigenvalue weighted by Gasteiger charge is -2.40. The molecular formula is C34H39ClN2O6. The Labute approximate surface area is 258 Å². The van der Waals surface area contributed by atoms with E-state index in [0.717, 1.165) is 30.5 Å². The van der Waals surface area contributed by atoms with Crippen LogP contribution in [0.5, 0.6) is 17.2 Å². The number of nitrogens with zero attached hydrogens (tertiary/aromatic N) is 2. The monoisotopic (exact) mass is 606 g/mol. The van der Waals surface area contributed by atoms with Crippen molar-refractivity contribution in [3.8, 4) is 17.2 Å². The Morgan fingerprint density at radius 3 is 2.07 bits per heavy atom. The van der Waals surface area contributed by atoms with Gasteiger partial charge >= 0.3 is 5.97 Å². The molecule has 2 saturated heterocycles. The Bertz CT molecular complexity index is 1430. The van der Waals surface area contributed by atoms with E-state index in [4.69, 9.17) is 25.8 Å². The van der Waals surface area contributed by atoms with E-state index in [2.05, 4.69) is 11.0 Å². The van der Waals surface area contributed by atoms with E-state index >= 15 is 0 Å². The minimum atomic E-state index is -0.862. The van der Waals surface area contributed by atoms with Gasteiger partial charge in [0, 0.05) is 29.1 Å². The van der Waals surface area contributed by atoms with E-state index in [1.54, 1.807) is 12.1 Å². The maximum absolute atomic E-state index is 13.8. The van der Waals surface area contributed by atoms with Gasteiger partial charge in [0.2, 0.25) is 5.75 Å². The van der Waals surface area contributed by atoms with Gasteiger partial charge in [-0.1, -0.05) is 54.1 Å². The van der Waals surface area contributed by atoms with Crippen LogP contribution in [-0.2, 0) is 15.6 Å². The van der Waals surface area contributed by atoms with Gasteiger partial charge in [-0.3, -0.25) is 9.59 Å². The second kappa shape index (κ2) is 12.9. The van der Waals surface area contributed by atoms with Gasteiger partial charge in [-0.15, -0.1) is 0 Å². The van der Waals surface area contributed by atoms with Crippen molar-refractivity contribution in [3.05, 3.63) is 88.4 Å². The summed E-state index contributed by atoms with van der Waals surface area (Å²) >= 11 is 6.46. The molecule has 1 atom stereocenters. The number of likely N-dealkylation sites (tertiary alicyclic amines) is 2. The molecule has 228 valence electrons. The van der Waals surface area contributed by atoms with Gasteiger partial charge in [0.05, 0.1) is 26.7 Å². The summed E-state index contributed by atoms with van der Waals surface area (Å²) in [6.07, 6.45) is 2.72. The highest BCUT2D eigenvalue weighted by Crippen LogP contribution is 2.43. The molecule has 0 spiro atoms. The summed E-state index contributed by atoms with van der Waals surface area (Å²) in [5.41, 5.74) is 1.30. The largest absolute Gasteiger partial charge is 0.493 e. The van der Waals surface area contributed by atoms with Gasteiger partial charge in [-0.25, -0.2) is 0 Å². The summed E-state index contributed by atoms with van der Waals surface area (Å²) in [5.74, 6) is 0.449. The van der Waals surface area contributed by atoms with Crippen molar-refractivity contribution >= 4 is 23.5 Å². The molecule has 0 aliphatic carbocycles. The zero-order valence-electron chi connectivity index (χ0n) is 25.0. The van der Waals surface area contributed by atoms with Crippen molar-refractivity contribution in [2.24, 2.45) is 0 Å². The highest BCUT2D eigenvalue weighted by atomic mass is 35.5. The number of carboxylic acids is 1. The number of amides is 1. The Morgan fingerprint density at radius 2 is 1.49 bits per heavy atom. The molecule has 0 bridgehead atoms. The summed E-state index contributed by atoms with van der Waals surface area (Å²) in [6.45, 7) is 3.32. The highest BCUT2D eigenvalue weighted by Gasteiger charge is 2.45. The number of piperidine rings is 1. The van der Waals surface area contributed by atoms with Gasteiger partial charge in [0.15, 0.2) is 11.5 Å². The normalized spacial score (nSPS) is 20.0. The number of rotatable bonds is 10. The average molecular weight is 607 g/mol. The van der Waals surface area contributed by atoms with E-state index in [1.807, 2.05) is 53.4 Å². The van der Waals surface area contributed by atoms with Crippen LogP contribution in [0.1, 0.15) is 47.2 Å². The fourth-order valence-electron chi connectivity index (χ4n) is 6.75. The fourth-order valence-corrected chi connectivity index (χ4v) is 6.94. The molecule has 1 unspecified atom stereocenters. The zero-order valence-corrected chi connectivity index (χ0v) is 25.7. The first-order valence-corrected chi connectivity index (χ1v) is 15.0. The standard InChI is InChI=1S/C34H39ClN2O6/c1-41-28-20-24(21-29(42-2)30(28)43-3)31(38)37-19-13-33(23-37,26-10-7-11-27(35)22-26)12-16-36-17-14-34(15-18-36,32(39)40)25-8-5-4-6-9-25/h4-11,20-22H,12-19,23H2,1-3H3,(H,39,40). The molecule has 1 amide bonds. The van der Waals surface area contributed by atoms with Crippen LogP contribution in [0.2, 0.25) is 5.02 Å². The molecule has 2 fully saturated rings. The number of benzene rings is 3. The number of hydrogen-bond donors (Lipinski definition) is 1. The van der Waals surface area contributed by atoms with Crippen LogP contribution in [0.25, 0.3) is 0 Å². The number of ether oxygens (including phenoxy) is 3. The predicted octanol–water partition coefficient (Wildman–Crippen LogP) is 5.66. The molecule has 8 nitrogen and oxygen atoms in total. The second-order valence-electron chi connectivity index (χ2n) is 11.5. The lowest BCUT2D eigenvalue weighted by molar-refractivity contribution is -0.146. The molecule has 3 aromatic rings. The van der Waals surface area contributed by atoms with E-state index in [-0.39, 0.29) is 11.3 Å². The summed E-state index contributed by atoms with van der Waals surface area (Å²) in [6, 6.07) is 20.9. The predicted molar refractivity (Wildman–Crippen MR) is 166 cm³/mol. The molecule has 2 aliphatic heterocycles. The maximum Gasteiger partial charge on any atom is 0.314 e. The summed E-state index contributed by atoms with van der Waals surface area (Å²) in [4.78, 5) is 30.5. The Morgan fingerprint density at radius 1 is 0.837 bits per heavy atom. The van der Waals surface area contributed by atoms with Gasteiger partial charge in [-0.05, 0) is 80.7 Å². The van der Waals surface area contributed by atoms with Crippen molar-refractivity contribution in [3.63, 3.8) is 0 Å². The number of carbonyl (C=O) groups excluding carboxylic acids is 1. The molecule has 5 rings (SSSR count). The van der Waals surface area contributed by atoms with Crippen LogP contribution in [0.15, 0.2) is 66.7 Å². The van der Waals surface area contributed by atoms with Crippen LogP contribution >= 0.6 is 11.6 Å². The first-order valence-electron chi connectivity index (χ1n) is 14.6. The molecule has 2 heterocycles. The van der Waals surface area contributed by atoms with E-state index in [0.29, 0.717) is 66.9 Å². The number of methoxy groups -OCH3 is 3. The lowest BCUT2D eigenvalue weighted by atomic mass is 9.72. The van der Waals surface area contributed by atoms with Crippen molar-refractivity contribution in [1.82, 2.24) is 9.80 Å². The number of carbonyl (C=O) groups is 2. The lowest BCUT2D eigenvalue weighted by Crippen LogP contribution is -2.48. The average Bonchev–Trinajstić information content (AvgIpc) is 3.49. The molecule has 2 aliphatic rings. The smallest absolute Gasteiger partial charge is 0.314 e. The first kappa shape index (κ1) is 30.7. The molecule has 43 heavy (non-hydrogen) atoms. The van der Waals surface area contributed by atoms with Crippen LogP contribution in [0.3, 0.4) is 0 Å². The number of aliphatic carboxylic acids is 1. The minimum absolute atomic E-state index is 0.102. The van der Waals surface area contributed by atoms with Gasteiger partial charge in [-0.2, -0.15) is 0 Å². The van der Waals surface area contributed by atoms with Crippen molar-refractivity contribution in [1.29, 1.82) is 0 Å². The topological polar surface area (TPSA) is 88.5 Å². The van der Waals surface area contributed by atoms with E-state index in [9.17, 15) is 14.7 Å². The number of halogens is 1.